The summed E-state index contributed by atoms with van der Waals surface area (Å²) >= 11 is 0. The number of carbonyl (C=O) groups is 2. The quantitative estimate of drug-likeness (QED) is 0.0884. The molecule has 1 aliphatic rings. The third-order valence-corrected chi connectivity index (χ3v) is 9.65. The standard InChI is InChI=1S/C28H44N7O9P/c1-6-18(7-2)14-41-22(36)12-33-45(40,34-13-23(37)42-15-19(8-3)9-4)43-16-28(30-5)26(39)24(38)25(44-28)20-10-11-21-27(29)31-17-32-35(20)21/h10-11,17-19,24-26,38-39H,6-9,12-16H2,1-4H3,(H2,29,31,32)(H2,33,34,40)/t24-,25-,26-,28+/m0/s1. The minimum atomic E-state index is -4.29. The summed E-state index contributed by atoms with van der Waals surface area (Å²) in [7, 11) is -4.29. The first-order chi connectivity index (χ1) is 21.5. The molecule has 3 heterocycles. The predicted molar refractivity (Wildman–Crippen MR) is 162 cm³/mol. The molecular weight excluding hydrogens is 609 g/mol. The van der Waals surface area contributed by atoms with E-state index in [4.69, 9.17) is 31.0 Å². The van der Waals surface area contributed by atoms with Gasteiger partial charge in [-0.25, -0.2) is 26.2 Å². The van der Waals surface area contributed by atoms with Crippen molar-refractivity contribution < 1.29 is 43.1 Å². The molecule has 0 aliphatic carbocycles. The molecular formula is C28H44N7O9P. The van der Waals surface area contributed by atoms with Gasteiger partial charge in [-0.3, -0.25) is 28.3 Å². The molecule has 1 aliphatic heterocycles. The lowest BCUT2D eigenvalue weighted by molar-refractivity contribution is -0.144. The summed E-state index contributed by atoms with van der Waals surface area (Å²) in [5.74, 6) is -0.923. The molecule has 16 nitrogen and oxygen atoms in total. The highest BCUT2D eigenvalue weighted by Gasteiger charge is 2.62. The third kappa shape index (κ3) is 8.98. The maximum absolute atomic E-state index is 13.9. The van der Waals surface area contributed by atoms with Gasteiger partial charge < -0.3 is 25.4 Å². The van der Waals surface area contributed by atoms with Crippen LogP contribution < -0.4 is 15.9 Å². The number of esters is 2. The van der Waals surface area contributed by atoms with E-state index in [1.165, 1.54) is 10.8 Å². The van der Waals surface area contributed by atoms with E-state index in [-0.39, 0.29) is 36.6 Å². The lowest BCUT2D eigenvalue weighted by atomic mass is 10.0. The molecule has 0 amide bonds. The zero-order valence-corrected chi connectivity index (χ0v) is 26.9. The highest BCUT2D eigenvalue weighted by Crippen LogP contribution is 2.45. The van der Waals surface area contributed by atoms with Crippen LogP contribution in [0.1, 0.15) is 65.2 Å². The summed E-state index contributed by atoms with van der Waals surface area (Å²) in [5.41, 5.74) is 4.36. The Hall–Kier alpha value is -3.16. The summed E-state index contributed by atoms with van der Waals surface area (Å²) in [6.07, 6.45) is -0.229. The number of aliphatic hydroxyl groups excluding tert-OH is 2. The summed E-state index contributed by atoms with van der Waals surface area (Å²) in [6.45, 7) is 14.2. The number of nitrogens with two attached hydrogens (primary N) is 1. The number of nitrogens with zero attached hydrogens (tertiary/aromatic N) is 4. The largest absolute Gasteiger partial charge is 0.464 e. The number of anilines is 1. The van der Waals surface area contributed by atoms with Crippen LogP contribution in [-0.4, -0.2) is 87.6 Å². The number of fused-ring (bicyclic) bond motifs is 1. The van der Waals surface area contributed by atoms with Gasteiger partial charge in [-0.2, -0.15) is 5.10 Å². The fraction of sp³-hybridized carbons (Fsp3) is 0.679. The smallest absolute Gasteiger partial charge is 0.390 e. The number of nitrogen functional groups attached to an aromatic ring is 1. The lowest BCUT2D eigenvalue weighted by Gasteiger charge is -2.24. The molecule has 0 saturated carbocycles. The van der Waals surface area contributed by atoms with Crippen LogP contribution in [0.25, 0.3) is 10.4 Å². The van der Waals surface area contributed by atoms with E-state index in [1.807, 2.05) is 27.7 Å². The zero-order chi connectivity index (χ0) is 33.2. The molecule has 0 aromatic carbocycles. The Bertz CT molecular complexity index is 1340. The third-order valence-electron chi connectivity index (χ3n) is 8.00. The molecule has 1 fully saturated rings. The Labute approximate surface area is 262 Å². The van der Waals surface area contributed by atoms with Gasteiger partial charge in [0.05, 0.1) is 18.9 Å². The van der Waals surface area contributed by atoms with Crippen LogP contribution in [0.5, 0.6) is 0 Å². The van der Waals surface area contributed by atoms with Crippen molar-refractivity contribution >= 4 is 30.9 Å². The molecule has 1 saturated heterocycles. The number of aromatic nitrogens is 3. The first-order valence-electron chi connectivity index (χ1n) is 15.0. The fourth-order valence-electron chi connectivity index (χ4n) is 4.70. The van der Waals surface area contributed by atoms with Crippen LogP contribution in [0.3, 0.4) is 0 Å². The highest BCUT2D eigenvalue weighted by atomic mass is 31.2. The van der Waals surface area contributed by atoms with Gasteiger partial charge in [0.15, 0.2) is 18.5 Å². The van der Waals surface area contributed by atoms with Crippen molar-refractivity contribution in [2.24, 2.45) is 11.8 Å². The molecule has 2 aromatic rings. The predicted octanol–water partition coefficient (Wildman–Crippen LogP) is 1.98. The van der Waals surface area contributed by atoms with Crippen molar-refractivity contribution in [3.05, 3.63) is 35.6 Å². The number of carbonyl (C=O) groups excluding carboxylic acids is 2. The second kappa shape index (κ2) is 16.4. The molecule has 0 bridgehead atoms. The summed E-state index contributed by atoms with van der Waals surface area (Å²) in [4.78, 5) is 32.2. The molecule has 250 valence electrons. The maximum Gasteiger partial charge on any atom is 0.390 e. The first kappa shape index (κ1) is 36.3. The molecule has 3 rings (SSSR count). The van der Waals surface area contributed by atoms with E-state index in [0.29, 0.717) is 5.52 Å². The second-order valence-electron chi connectivity index (χ2n) is 10.9. The number of aliphatic hydroxyl groups is 2. The number of ether oxygens (including phenoxy) is 3. The molecule has 6 N–H and O–H groups in total. The Kier molecular flexibility index (Phi) is 13.2. The van der Waals surface area contributed by atoms with Crippen molar-refractivity contribution in [2.45, 2.75) is 77.4 Å². The van der Waals surface area contributed by atoms with Crippen LogP contribution >= 0.6 is 7.67 Å². The van der Waals surface area contributed by atoms with Gasteiger partial charge in [-0.15, -0.1) is 0 Å². The average molecular weight is 654 g/mol. The molecule has 0 unspecified atom stereocenters. The minimum absolute atomic E-state index is 0.166. The van der Waals surface area contributed by atoms with Gasteiger partial charge in [-0.1, -0.05) is 53.4 Å². The van der Waals surface area contributed by atoms with Gasteiger partial charge in [0.25, 0.3) is 0 Å². The van der Waals surface area contributed by atoms with Gasteiger partial charge in [0.1, 0.15) is 37.1 Å². The minimum Gasteiger partial charge on any atom is -0.464 e. The van der Waals surface area contributed by atoms with Crippen LogP contribution in [0.15, 0.2) is 18.5 Å². The monoisotopic (exact) mass is 653 g/mol. The SMILES string of the molecule is [C-]#[N+][C@]1(COP(=O)(NCC(=O)OCC(CC)CC)NCC(=O)OCC(CC)CC)O[C@@H](c2ccc3c(N)ncnn23)[C@H](O)[C@@H]1O. The van der Waals surface area contributed by atoms with Crippen LogP contribution in [0, 0.1) is 18.4 Å². The Morgan fingerprint density at radius 1 is 1.09 bits per heavy atom. The number of hydrogen-bond acceptors (Lipinski definition) is 12. The molecule has 4 atom stereocenters. The topological polar surface area (TPSA) is 213 Å². The summed E-state index contributed by atoms with van der Waals surface area (Å²) in [6, 6.07) is 3.14. The van der Waals surface area contributed by atoms with E-state index < -0.39 is 63.3 Å². The first-order valence-corrected chi connectivity index (χ1v) is 16.6. The van der Waals surface area contributed by atoms with Gasteiger partial charge in [-0.05, 0) is 24.0 Å². The molecule has 2 aromatic heterocycles. The summed E-state index contributed by atoms with van der Waals surface area (Å²) < 4.78 is 37.2. The summed E-state index contributed by atoms with van der Waals surface area (Å²) in [5, 5.41) is 30.9. The molecule has 0 radical (unpaired) electrons. The zero-order valence-electron chi connectivity index (χ0n) is 26.0. The number of hydrogen-bond donors (Lipinski definition) is 5. The Morgan fingerprint density at radius 3 is 2.16 bits per heavy atom. The van der Waals surface area contributed by atoms with Crippen molar-refractivity contribution in [2.75, 3.05) is 38.6 Å². The Morgan fingerprint density at radius 2 is 1.64 bits per heavy atom. The van der Waals surface area contributed by atoms with Crippen molar-refractivity contribution in [1.29, 1.82) is 0 Å². The van der Waals surface area contributed by atoms with Gasteiger partial charge >= 0.3 is 25.3 Å². The maximum atomic E-state index is 13.9. The Balaban J connectivity index is 1.75. The normalized spacial score (nSPS) is 21.8. The van der Waals surface area contributed by atoms with E-state index in [9.17, 15) is 24.4 Å². The number of rotatable bonds is 18. The van der Waals surface area contributed by atoms with Gasteiger partial charge in [0.2, 0.25) is 0 Å². The van der Waals surface area contributed by atoms with Crippen molar-refractivity contribution in [3.8, 4) is 0 Å². The fourth-order valence-corrected chi connectivity index (χ4v) is 6.04. The molecule has 0 spiro atoms. The van der Waals surface area contributed by atoms with E-state index in [1.54, 1.807) is 12.1 Å². The van der Waals surface area contributed by atoms with E-state index in [2.05, 4.69) is 25.1 Å². The van der Waals surface area contributed by atoms with Gasteiger partial charge in [0, 0.05) is 0 Å². The average Bonchev–Trinajstić information content (AvgIpc) is 3.58. The van der Waals surface area contributed by atoms with Crippen molar-refractivity contribution in [3.63, 3.8) is 0 Å². The van der Waals surface area contributed by atoms with Crippen molar-refractivity contribution in [1.82, 2.24) is 24.8 Å². The van der Waals surface area contributed by atoms with E-state index >= 15 is 0 Å². The van der Waals surface area contributed by atoms with Crippen LogP contribution in [0.2, 0.25) is 0 Å². The molecule has 45 heavy (non-hydrogen) atoms. The number of nitrogens with one attached hydrogen (secondary N) is 2. The van der Waals surface area contributed by atoms with E-state index in [0.717, 1.165) is 25.7 Å². The molecule has 17 heteroatoms. The second-order valence-corrected chi connectivity index (χ2v) is 12.9. The van der Waals surface area contributed by atoms with Crippen LogP contribution in [-0.2, 0) is 32.9 Å². The highest BCUT2D eigenvalue weighted by molar-refractivity contribution is 7.54. The van der Waals surface area contributed by atoms with Crippen LogP contribution in [0.4, 0.5) is 5.82 Å². The lowest BCUT2D eigenvalue weighted by Crippen LogP contribution is -2.45.